The molecule has 0 aliphatic heterocycles. The Bertz CT molecular complexity index is 914. The maximum atomic E-state index is 11.9. The van der Waals surface area contributed by atoms with Crippen molar-refractivity contribution in [3.8, 4) is 11.1 Å². The van der Waals surface area contributed by atoms with Crippen molar-refractivity contribution in [2.45, 2.75) is 12.8 Å². The average molecular weight is 339 g/mol. The molecule has 122 valence electrons. The Labute approximate surface area is 143 Å². The number of methoxy groups -OCH3 is 1. The highest BCUT2D eigenvalue weighted by molar-refractivity contribution is 7.21. The van der Waals surface area contributed by atoms with Crippen molar-refractivity contribution in [1.29, 1.82) is 0 Å². The first kappa shape index (κ1) is 16.2. The Balaban J connectivity index is 2.05. The molecule has 5 heteroatoms. The SMILES string of the molecule is COC(=O)CCc1cccc(-c2c(C(N)=O)sc3ccccc23)c1. The number of nitrogens with two attached hydrogens (primary N) is 1. The van der Waals surface area contributed by atoms with Gasteiger partial charge in [0.2, 0.25) is 0 Å². The second kappa shape index (κ2) is 6.84. The average Bonchev–Trinajstić information content (AvgIpc) is 2.99. The van der Waals surface area contributed by atoms with Crippen molar-refractivity contribution < 1.29 is 14.3 Å². The second-order valence-electron chi connectivity index (χ2n) is 5.44. The summed E-state index contributed by atoms with van der Waals surface area (Å²) in [4.78, 5) is 23.8. The smallest absolute Gasteiger partial charge is 0.305 e. The lowest BCUT2D eigenvalue weighted by molar-refractivity contribution is -0.140. The van der Waals surface area contributed by atoms with Gasteiger partial charge in [-0.05, 0) is 23.6 Å². The largest absolute Gasteiger partial charge is 0.469 e. The van der Waals surface area contributed by atoms with Crippen LogP contribution in [0.2, 0.25) is 0 Å². The van der Waals surface area contributed by atoms with E-state index in [9.17, 15) is 9.59 Å². The minimum absolute atomic E-state index is 0.237. The summed E-state index contributed by atoms with van der Waals surface area (Å²) < 4.78 is 5.71. The van der Waals surface area contributed by atoms with Crippen molar-refractivity contribution in [2.24, 2.45) is 5.73 Å². The third kappa shape index (κ3) is 3.16. The third-order valence-corrected chi connectivity index (χ3v) is 5.07. The topological polar surface area (TPSA) is 69.4 Å². The van der Waals surface area contributed by atoms with Gasteiger partial charge in [-0.2, -0.15) is 0 Å². The van der Waals surface area contributed by atoms with Crippen LogP contribution >= 0.6 is 11.3 Å². The van der Waals surface area contributed by atoms with E-state index < -0.39 is 5.91 Å². The number of aryl methyl sites for hydroxylation is 1. The van der Waals surface area contributed by atoms with Crippen molar-refractivity contribution in [3.05, 3.63) is 59.0 Å². The fraction of sp³-hybridized carbons (Fsp3) is 0.158. The van der Waals surface area contributed by atoms with Gasteiger partial charge in [0.25, 0.3) is 5.91 Å². The fourth-order valence-electron chi connectivity index (χ4n) is 2.74. The van der Waals surface area contributed by atoms with Gasteiger partial charge in [0.05, 0.1) is 7.11 Å². The minimum Gasteiger partial charge on any atom is -0.469 e. The normalized spacial score (nSPS) is 10.7. The molecule has 0 atom stereocenters. The van der Waals surface area contributed by atoms with Crippen LogP contribution in [-0.4, -0.2) is 19.0 Å². The van der Waals surface area contributed by atoms with Crippen LogP contribution in [0.4, 0.5) is 0 Å². The van der Waals surface area contributed by atoms with Crippen LogP contribution in [-0.2, 0) is 16.0 Å². The van der Waals surface area contributed by atoms with E-state index in [1.165, 1.54) is 18.4 Å². The predicted molar refractivity (Wildman–Crippen MR) is 96.1 cm³/mol. The molecule has 0 radical (unpaired) electrons. The van der Waals surface area contributed by atoms with Gasteiger partial charge in [0.1, 0.15) is 4.88 Å². The van der Waals surface area contributed by atoms with E-state index in [1.807, 2.05) is 48.5 Å². The zero-order valence-electron chi connectivity index (χ0n) is 13.2. The second-order valence-corrected chi connectivity index (χ2v) is 6.50. The quantitative estimate of drug-likeness (QED) is 0.719. The molecular formula is C19H17NO3S. The summed E-state index contributed by atoms with van der Waals surface area (Å²) in [6, 6.07) is 15.7. The van der Waals surface area contributed by atoms with Crippen LogP contribution in [0.15, 0.2) is 48.5 Å². The molecule has 2 N–H and O–H groups in total. The first-order valence-electron chi connectivity index (χ1n) is 7.57. The molecule has 0 spiro atoms. The van der Waals surface area contributed by atoms with Crippen LogP contribution in [0.1, 0.15) is 21.7 Å². The van der Waals surface area contributed by atoms with Crippen molar-refractivity contribution in [2.75, 3.05) is 7.11 Å². The van der Waals surface area contributed by atoms with Gasteiger partial charge < -0.3 is 10.5 Å². The van der Waals surface area contributed by atoms with E-state index in [0.717, 1.165) is 26.8 Å². The molecule has 0 unspecified atom stereocenters. The summed E-state index contributed by atoms with van der Waals surface area (Å²) >= 11 is 1.41. The molecule has 0 saturated carbocycles. The van der Waals surface area contributed by atoms with Crippen LogP contribution in [0.3, 0.4) is 0 Å². The number of thiophene rings is 1. The highest BCUT2D eigenvalue weighted by Crippen LogP contribution is 2.38. The number of ether oxygens (including phenoxy) is 1. The number of benzene rings is 2. The predicted octanol–water partition coefficient (Wildman–Crippen LogP) is 3.77. The maximum Gasteiger partial charge on any atom is 0.305 e. The van der Waals surface area contributed by atoms with E-state index in [4.69, 9.17) is 5.73 Å². The zero-order valence-corrected chi connectivity index (χ0v) is 14.1. The Hall–Kier alpha value is -2.66. The lowest BCUT2D eigenvalue weighted by Crippen LogP contribution is -2.10. The van der Waals surface area contributed by atoms with Crippen molar-refractivity contribution >= 4 is 33.3 Å². The lowest BCUT2D eigenvalue weighted by Gasteiger charge is -2.06. The van der Waals surface area contributed by atoms with Gasteiger partial charge >= 0.3 is 5.97 Å². The molecule has 0 fully saturated rings. The lowest BCUT2D eigenvalue weighted by atomic mass is 9.98. The monoisotopic (exact) mass is 339 g/mol. The number of hydrogen-bond acceptors (Lipinski definition) is 4. The molecule has 1 amide bonds. The summed E-state index contributed by atoms with van der Waals surface area (Å²) in [6.07, 6.45) is 0.918. The molecule has 4 nitrogen and oxygen atoms in total. The highest BCUT2D eigenvalue weighted by Gasteiger charge is 2.17. The van der Waals surface area contributed by atoms with Crippen molar-refractivity contribution in [3.63, 3.8) is 0 Å². The minimum atomic E-state index is -0.425. The number of carbonyl (C=O) groups excluding carboxylic acids is 2. The molecule has 2 aromatic carbocycles. The summed E-state index contributed by atoms with van der Waals surface area (Å²) in [6.45, 7) is 0. The van der Waals surface area contributed by atoms with Gasteiger partial charge in [-0.1, -0.05) is 42.5 Å². The fourth-order valence-corrected chi connectivity index (χ4v) is 3.81. The molecule has 1 aromatic heterocycles. The van der Waals surface area contributed by atoms with Gasteiger partial charge in [-0.25, -0.2) is 0 Å². The number of esters is 1. The molecular weight excluding hydrogens is 322 g/mol. The number of amides is 1. The summed E-state index contributed by atoms with van der Waals surface area (Å²) in [7, 11) is 1.38. The van der Waals surface area contributed by atoms with Crippen LogP contribution in [0, 0.1) is 0 Å². The zero-order chi connectivity index (χ0) is 17.1. The Morgan fingerprint density at radius 3 is 2.67 bits per heavy atom. The van der Waals surface area contributed by atoms with Gasteiger partial charge in [-0.15, -0.1) is 11.3 Å². The number of hydrogen-bond donors (Lipinski definition) is 1. The van der Waals surface area contributed by atoms with Gasteiger partial charge in [0, 0.05) is 22.1 Å². The number of primary amides is 1. The molecule has 0 saturated heterocycles. The van der Waals surface area contributed by atoms with Gasteiger partial charge in [0.15, 0.2) is 0 Å². The van der Waals surface area contributed by atoms with E-state index in [2.05, 4.69) is 4.74 Å². The Morgan fingerprint density at radius 1 is 1.12 bits per heavy atom. The molecule has 0 aliphatic rings. The summed E-state index contributed by atoms with van der Waals surface area (Å²) in [5.74, 6) is -0.662. The molecule has 3 aromatic rings. The molecule has 24 heavy (non-hydrogen) atoms. The first-order chi connectivity index (χ1) is 11.6. The number of carbonyl (C=O) groups is 2. The van der Waals surface area contributed by atoms with Crippen LogP contribution < -0.4 is 5.73 Å². The molecule has 0 bridgehead atoms. The van der Waals surface area contributed by atoms with E-state index in [1.54, 1.807) is 0 Å². The first-order valence-corrected chi connectivity index (χ1v) is 8.39. The maximum absolute atomic E-state index is 11.9. The Morgan fingerprint density at radius 2 is 1.92 bits per heavy atom. The Kier molecular flexibility index (Phi) is 4.62. The molecule has 0 aliphatic carbocycles. The van der Waals surface area contributed by atoms with E-state index in [0.29, 0.717) is 17.7 Å². The van der Waals surface area contributed by atoms with E-state index >= 15 is 0 Å². The standard InChI is InChI=1S/C19H17NO3S/c1-23-16(21)10-9-12-5-4-6-13(11-12)17-14-7-2-3-8-15(14)24-18(17)19(20)22/h2-8,11H,9-10H2,1H3,(H2,20,22). The van der Waals surface area contributed by atoms with Crippen LogP contribution in [0.5, 0.6) is 0 Å². The number of rotatable bonds is 5. The summed E-state index contributed by atoms with van der Waals surface area (Å²) in [5, 5.41) is 1.02. The number of fused-ring (bicyclic) bond motifs is 1. The third-order valence-electron chi connectivity index (χ3n) is 3.88. The van der Waals surface area contributed by atoms with E-state index in [-0.39, 0.29) is 5.97 Å². The molecule has 3 rings (SSSR count). The van der Waals surface area contributed by atoms with Crippen LogP contribution in [0.25, 0.3) is 21.2 Å². The van der Waals surface area contributed by atoms with Crippen molar-refractivity contribution in [1.82, 2.24) is 0 Å². The van der Waals surface area contributed by atoms with Gasteiger partial charge in [-0.3, -0.25) is 9.59 Å². The highest BCUT2D eigenvalue weighted by atomic mass is 32.1. The molecule has 1 heterocycles. The summed E-state index contributed by atoms with van der Waals surface area (Å²) in [5.41, 5.74) is 8.40.